The number of nitrogens with one attached hydrogen (secondary N) is 1. The fourth-order valence-electron chi connectivity index (χ4n) is 3.18. The summed E-state index contributed by atoms with van der Waals surface area (Å²) in [6.07, 6.45) is -2.90. The number of ether oxygens (including phenoxy) is 1. The molecule has 0 aromatic carbocycles. The normalized spacial score (nSPS) is 23.2. The third kappa shape index (κ3) is 3.89. The molecular formula is C15H20F3N3O4S. The van der Waals surface area contributed by atoms with Gasteiger partial charge in [-0.1, -0.05) is 0 Å². The van der Waals surface area contributed by atoms with E-state index in [1.807, 2.05) is 0 Å². The van der Waals surface area contributed by atoms with Crippen molar-refractivity contribution in [2.45, 2.75) is 23.9 Å². The molecule has 1 aromatic heterocycles. The molecule has 1 aromatic rings. The average Bonchev–Trinajstić information content (AvgIpc) is 3.12. The maximum Gasteiger partial charge on any atom is 0.393 e. The quantitative estimate of drug-likeness (QED) is 0.840. The molecule has 1 unspecified atom stereocenters. The fourth-order valence-corrected chi connectivity index (χ4v) is 4.58. The summed E-state index contributed by atoms with van der Waals surface area (Å²) in [6.45, 7) is 0.833. The lowest BCUT2D eigenvalue weighted by molar-refractivity contribution is -0.184. The highest BCUT2D eigenvalue weighted by Gasteiger charge is 2.43. The summed E-state index contributed by atoms with van der Waals surface area (Å²) in [6, 6.07) is 1.18. The van der Waals surface area contributed by atoms with Gasteiger partial charge in [0.15, 0.2) is 0 Å². The number of sulfonamides is 1. The third-order valence-corrected chi connectivity index (χ3v) is 6.54. The van der Waals surface area contributed by atoms with Crippen LogP contribution in [-0.2, 0) is 14.8 Å². The van der Waals surface area contributed by atoms with E-state index in [2.05, 4.69) is 4.98 Å². The molecule has 146 valence electrons. The van der Waals surface area contributed by atoms with Crippen LogP contribution in [0.4, 0.5) is 13.2 Å². The fraction of sp³-hybridized carbons (Fsp3) is 0.667. The van der Waals surface area contributed by atoms with Gasteiger partial charge in [-0.2, -0.15) is 17.5 Å². The van der Waals surface area contributed by atoms with E-state index in [9.17, 15) is 26.4 Å². The minimum atomic E-state index is -4.35. The average molecular weight is 395 g/mol. The van der Waals surface area contributed by atoms with E-state index in [-0.39, 0.29) is 43.1 Å². The number of carbonyl (C=O) groups excluding carboxylic acids is 1. The highest BCUT2D eigenvalue weighted by atomic mass is 32.2. The Labute approximate surface area is 149 Å². The zero-order chi connectivity index (χ0) is 18.9. The number of nitrogens with zero attached hydrogens (tertiary/aromatic N) is 2. The summed E-state index contributed by atoms with van der Waals surface area (Å²) in [5.74, 6) is -2.17. The number of hydrogen-bond acceptors (Lipinski definition) is 4. The van der Waals surface area contributed by atoms with Crippen molar-refractivity contribution >= 4 is 15.9 Å². The number of alkyl halides is 3. The molecule has 26 heavy (non-hydrogen) atoms. The number of piperidine rings is 1. The number of morpholine rings is 1. The second-order valence-corrected chi connectivity index (χ2v) is 8.34. The molecule has 3 rings (SSSR count). The molecule has 11 heteroatoms. The van der Waals surface area contributed by atoms with Gasteiger partial charge in [-0.15, -0.1) is 0 Å². The second-order valence-electron chi connectivity index (χ2n) is 6.40. The van der Waals surface area contributed by atoms with Crippen LogP contribution < -0.4 is 0 Å². The minimum absolute atomic E-state index is 0.00529. The molecule has 3 heterocycles. The molecule has 1 atom stereocenters. The Balaban J connectivity index is 1.73. The Hall–Kier alpha value is -1.59. The Morgan fingerprint density at radius 3 is 2.58 bits per heavy atom. The van der Waals surface area contributed by atoms with Gasteiger partial charge in [0, 0.05) is 32.4 Å². The number of halogens is 3. The lowest BCUT2D eigenvalue weighted by Crippen LogP contribution is -2.44. The van der Waals surface area contributed by atoms with Gasteiger partial charge in [-0.25, -0.2) is 8.42 Å². The summed E-state index contributed by atoms with van der Waals surface area (Å²) in [5, 5.41) is 0. The van der Waals surface area contributed by atoms with E-state index in [0.29, 0.717) is 13.2 Å². The van der Waals surface area contributed by atoms with Gasteiger partial charge in [-0.05, 0) is 18.9 Å². The van der Waals surface area contributed by atoms with Crippen molar-refractivity contribution in [1.82, 2.24) is 14.2 Å². The zero-order valence-corrected chi connectivity index (χ0v) is 14.8. The zero-order valence-electron chi connectivity index (χ0n) is 14.0. The Morgan fingerprint density at radius 1 is 1.23 bits per heavy atom. The van der Waals surface area contributed by atoms with Crippen LogP contribution in [0.1, 0.15) is 23.3 Å². The molecule has 0 spiro atoms. The number of aromatic nitrogens is 1. The molecule has 7 nitrogen and oxygen atoms in total. The molecule has 0 bridgehead atoms. The number of likely N-dealkylation sites (tertiary alicyclic amines) is 1. The SMILES string of the molecule is O=C(c1cc(S(=O)(=O)N2CCOCC2)c[nH]1)N1CCCC(C(F)(F)F)C1. The summed E-state index contributed by atoms with van der Waals surface area (Å²) in [7, 11) is -3.77. The smallest absolute Gasteiger partial charge is 0.379 e. The first-order chi connectivity index (χ1) is 12.2. The lowest BCUT2D eigenvalue weighted by atomic mass is 9.97. The second kappa shape index (κ2) is 7.20. The Morgan fingerprint density at radius 2 is 1.92 bits per heavy atom. The highest BCUT2D eigenvalue weighted by Crippen LogP contribution is 2.33. The molecule has 1 N–H and O–H groups in total. The number of amides is 1. The van der Waals surface area contributed by atoms with Gasteiger partial charge < -0.3 is 14.6 Å². The van der Waals surface area contributed by atoms with E-state index in [1.165, 1.54) is 16.6 Å². The van der Waals surface area contributed by atoms with Crippen LogP contribution >= 0.6 is 0 Å². The first kappa shape index (κ1) is 19.2. The predicted octanol–water partition coefficient (Wildman–Crippen LogP) is 1.45. The first-order valence-electron chi connectivity index (χ1n) is 8.32. The number of aromatic amines is 1. The summed E-state index contributed by atoms with van der Waals surface area (Å²) in [5.41, 5.74) is -0.0281. The van der Waals surface area contributed by atoms with Gasteiger partial charge in [0.2, 0.25) is 10.0 Å². The lowest BCUT2D eigenvalue weighted by Gasteiger charge is -2.33. The van der Waals surface area contributed by atoms with Gasteiger partial charge >= 0.3 is 6.18 Å². The molecule has 0 aliphatic carbocycles. The van der Waals surface area contributed by atoms with Gasteiger partial charge in [0.1, 0.15) is 10.6 Å². The molecule has 0 saturated carbocycles. The van der Waals surface area contributed by atoms with Crippen molar-refractivity contribution in [3.63, 3.8) is 0 Å². The van der Waals surface area contributed by atoms with Crippen LogP contribution in [0, 0.1) is 5.92 Å². The molecule has 2 aliphatic heterocycles. The third-order valence-electron chi connectivity index (χ3n) is 4.67. The van der Waals surface area contributed by atoms with Crippen molar-refractivity contribution in [1.29, 1.82) is 0 Å². The Kier molecular flexibility index (Phi) is 5.31. The molecular weight excluding hydrogens is 375 g/mol. The van der Waals surface area contributed by atoms with Crippen LogP contribution in [0.3, 0.4) is 0 Å². The predicted molar refractivity (Wildman–Crippen MR) is 85.1 cm³/mol. The van der Waals surface area contributed by atoms with Crippen molar-refractivity contribution in [2.24, 2.45) is 5.92 Å². The maximum atomic E-state index is 12.9. The van der Waals surface area contributed by atoms with Crippen LogP contribution in [0.25, 0.3) is 0 Å². The van der Waals surface area contributed by atoms with E-state index in [0.717, 1.165) is 4.90 Å². The molecule has 2 fully saturated rings. The molecule has 2 saturated heterocycles. The number of rotatable bonds is 3. The monoisotopic (exact) mass is 395 g/mol. The van der Waals surface area contributed by atoms with E-state index < -0.39 is 34.6 Å². The summed E-state index contributed by atoms with van der Waals surface area (Å²) >= 11 is 0. The van der Waals surface area contributed by atoms with Gasteiger partial charge in [0.05, 0.1) is 19.1 Å². The van der Waals surface area contributed by atoms with Crippen molar-refractivity contribution in [2.75, 3.05) is 39.4 Å². The topological polar surface area (TPSA) is 82.7 Å². The van der Waals surface area contributed by atoms with Crippen LogP contribution in [-0.4, -0.2) is 74.1 Å². The van der Waals surface area contributed by atoms with Gasteiger partial charge in [-0.3, -0.25) is 4.79 Å². The summed E-state index contributed by atoms with van der Waals surface area (Å²) in [4.78, 5) is 16.1. The largest absolute Gasteiger partial charge is 0.393 e. The number of H-pyrrole nitrogens is 1. The number of hydrogen-bond donors (Lipinski definition) is 1. The van der Waals surface area contributed by atoms with E-state index >= 15 is 0 Å². The van der Waals surface area contributed by atoms with Crippen LogP contribution in [0.5, 0.6) is 0 Å². The molecule has 2 aliphatic rings. The van der Waals surface area contributed by atoms with E-state index in [4.69, 9.17) is 4.74 Å². The Bertz CT molecular complexity index is 756. The standard InChI is InChI=1S/C15H20F3N3O4S/c16-15(17,18)11-2-1-3-20(10-11)14(22)13-8-12(9-19-13)26(23,24)21-4-6-25-7-5-21/h8-9,11,19H,1-7,10H2. The van der Waals surface area contributed by atoms with Crippen LogP contribution in [0.2, 0.25) is 0 Å². The number of carbonyl (C=O) groups is 1. The molecule has 1 amide bonds. The maximum absolute atomic E-state index is 12.9. The van der Waals surface area contributed by atoms with E-state index in [1.54, 1.807) is 0 Å². The minimum Gasteiger partial charge on any atom is -0.379 e. The van der Waals surface area contributed by atoms with Crippen LogP contribution in [0.15, 0.2) is 17.2 Å². The first-order valence-corrected chi connectivity index (χ1v) is 9.76. The summed E-state index contributed by atoms with van der Waals surface area (Å²) < 4.78 is 70.2. The van der Waals surface area contributed by atoms with Crippen molar-refractivity contribution in [3.05, 3.63) is 18.0 Å². The highest BCUT2D eigenvalue weighted by molar-refractivity contribution is 7.89. The van der Waals surface area contributed by atoms with Gasteiger partial charge in [0.25, 0.3) is 5.91 Å². The van der Waals surface area contributed by atoms with Crippen molar-refractivity contribution < 1.29 is 31.1 Å². The van der Waals surface area contributed by atoms with Crippen molar-refractivity contribution in [3.8, 4) is 0 Å². The molecule has 0 radical (unpaired) electrons.